The summed E-state index contributed by atoms with van der Waals surface area (Å²) in [5.74, 6) is 0.456. The van der Waals surface area contributed by atoms with Crippen molar-refractivity contribution >= 4 is 23.6 Å². The molecule has 1 N–H and O–H groups in total. The molecule has 2 rings (SSSR count). The quantitative estimate of drug-likeness (QED) is 0.498. The lowest BCUT2D eigenvalue weighted by molar-refractivity contribution is -0.142. The molecule has 0 aliphatic heterocycles. The van der Waals surface area contributed by atoms with E-state index in [-0.39, 0.29) is 6.61 Å². The Morgan fingerprint density at radius 3 is 2.30 bits per heavy atom. The molecule has 0 spiro atoms. The molecule has 0 unspecified atom stereocenters. The van der Waals surface area contributed by atoms with Gasteiger partial charge in [0.25, 0.3) is 5.91 Å². The van der Waals surface area contributed by atoms with E-state index in [0.717, 1.165) is 23.2 Å². The molecule has 30 heavy (non-hydrogen) atoms. The summed E-state index contributed by atoms with van der Waals surface area (Å²) in [5.41, 5.74) is 3.33. The second kappa shape index (κ2) is 10.9. The fourth-order valence-electron chi connectivity index (χ4n) is 2.90. The van der Waals surface area contributed by atoms with Gasteiger partial charge >= 0.3 is 5.97 Å². The number of hydrogen-bond acceptors (Lipinski definition) is 6. The Hall–Kier alpha value is -3.48. The van der Waals surface area contributed by atoms with E-state index < -0.39 is 11.9 Å². The maximum absolute atomic E-state index is 12.2. The van der Waals surface area contributed by atoms with Crippen molar-refractivity contribution in [1.29, 1.82) is 0 Å². The van der Waals surface area contributed by atoms with Crippen LogP contribution in [0, 0.1) is 6.92 Å². The van der Waals surface area contributed by atoms with E-state index in [4.69, 9.17) is 18.9 Å². The van der Waals surface area contributed by atoms with Crippen LogP contribution in [0.25, 0.3) is 6.08 Å². The second-order valence-electron chi connectivity index (χ2n) is 6.40. The molecule has 0 aliphatic rings. The van der Waals surface area contributed by atoms with Crippen LogP contribution in [-0.4, -0.2) is 39.8 Å². The molecule has 0 saturated carbocycles. The molecule has 0 bridgehead atoms. The number of amides is 1. The SMILES string of the molecule is CCc1cccc(C)c1NC(=O)COC(=O)/C=C/c1cc(OC)c(OC)cc1OC. The fraction of sp³-hybridized carbons (Fsp3) is 0.304. The number of aryl methyl sites for hydroxylation is 2. The van der Waals surface area contributed by atoms with Crippen LogP contribution in [0.3, 0.4) is 0 Å². The van der Waals surface area contributed by atoms with Gasteiger partial charge in [-0.25, -0.2) is 4.79 Å². The zero-order valence-corrected chi connectivity index (χ0v) is 17.9. The van der Waals surface area contributed by atoms with Gasteiger partial charge in [-0.05, 0) is 36.6 Å². The van der Waals surface area contributed by atoms with Crippen LogP contribution in [0.15, 0.2) is 36.4 Å². The van der Waals surface area contributed by atoms with Gasteiger partial charge in [-0.1, -0.05) is 25.1 Å². The molecular weight excluding hydrogens is 386 g/mol. The third kappa shape index (κ3) is 5.76. The number of esters is 1. The van der Waals surface area contributed by atoms with E-state index in [1.165, 1.54) is 33.5 Å². The molecule has 1 amide bonds. The first-order valence-corrected chi connectivity index (χ1v) is 9.46. The number of nitrogens with one attached hydrogen (secondary N) is 1. The lowest BCUT2D eigenvalue weighted by Crippen LogP contribution is -2.21. The summed E-state index contributed by atoms with van der Waals surface area (Å²) >= 11 is 0. The molecule has 0 radical (unpaired) electrons. The summed E-state index contributed by atoms with van der Waals surface area (Å²) in [6.07, 6.45) is 3.53. The molecular formula is C23H27NO6. The van der Waals surface area contributed by atoms with Gasteiger partial charge in [-0.2, -0.15) is 0 Å². The molecule has 160 valence electrons. The fourth-order valence-corrected chi connectivity index (χ4v) is 2.90. The first-order valence-electron chi connectivity index (χ1n) is 9.46. The highest BCUT2D eigenvalue weighted by atomic mass is 16.5. The lowest BCUT2D eigenvalue weighted by atomic mass is 10.1. The topological polar surface area (TPSA) is 83.1 Å². The maximum atomic E-state index is 12.2. The smallest absolute Gasteiger partial charge is 0.331 e. The molecule has 7 heteroatoms. The van der Waals surface area contributed by atoms with Crippen molar-refractivity contribution in [2.24, 2.45) is 0 Å². The van der Waals surface area contributed by atoms with Crippen LogP contribution in [0.1, 0.15) is 23.6 Å². The Bertz CT molecular complexity index is 936. The Labute approximate surface area is 176 Å². The van der Waals surface area contributed by atoms with Gasteiger partial charge in [0.2, 0.25) is 0 Å². The van der Waals surface area contributed by atoms with Gasteiger partial charge in [-0.3, -0.25) is 4.79 Å². The van der Waals surface area contributed by atoms with E-state index in [2.05, 4.69) is 5.32 Å². The number of benzene rings is 2. The highest BCUT2D eigenvalue weighted by Crippen LogP contribution is 2.35. The predicted octanol–water partition coefficient (Wildman–Crippen LogP) is 3.78. The molecule has 0 aromatic heterocycles. The third-order valence-corrected chi connectivity index (χ3v) is 4.48. The molecule has 0 fully saturated rings. The van der Waals surface area contributed by atoms with Gasteiger partial charge in [0, 0.05) is 23.4 Å². The van der Waals surface area contributed by atoms with Crippen molar-refractivity contribution in [2.45, 2.75) is 20.3 Å². The molecule has 7 nitrogen and oxygen atoms in total. The molecule has 0 aliphatic carbocycles. The minimum absolute atomic E-state index is 0.385. The van der Waals surface area contributed by atoms with Crippen LogP contribution in [-0.2, 0) is 20.7 Å². The summed E-state index contributed by atoms with van der Waals surface area (Å²) in [5, 5.41) is 2.81. The summed E-state index contributed by atoms with van der Waals surface area (Å²) in [6, 6.07) is 9.15. The standard InChI is InChI=1S/C23H27NO6/c1-6-16-9-7-8-15(2)23(16)24-21(25)14-30-22(26)11-10-17-12-19(28-4)20(29-5)13-18(17)27-3/h7-13H,6,14H2,1-5H3,(H,24,25)/b11-10+. The van der Waals surface area contributed by atoms with Crippen molar-refractivity contribution in [3.63, 3.8) is 0 Å². The minimum atomic E-state index is -0.650. The average Bonchev–Trinajstić information content (AvgIpc) is 2.76. The highest BCUT2D eigenvalue weighted by Gasteiger charge is 2.12. The number of ether oxygens (including phenoxy) is 4. The zero-order chi connectivity index (χ0) is 22.1. The van der Waals surface area contributed by atoms with Crippen LogP contribution in [0.5, 0.6) is 17.2 Å². The number of rotatable bonds is 9. The van der Waals surface area contributed by atoms with Gasteiger partial charge in [-0.15, -0.1) is 0 Å². The lowest BCUT2D eigenvalue weighted by Gasteiger charge is -2.13. The van der Waals surface area contributed by atoms with Crippen LogP contribution in [0.2, 0.25) is 0 Å². The normalized spacial score (nSPS) is 10.6. The van der Waals surface area contributed by atoms with E-state index >= 15 is 0 Å². The van der Waals surface area contributed by atoms with E-state index in [1.54, 1.807) is 12.1 Å². The molecule has 2 aromatic rings. The molecule has 2 aromatic carbocycles. The van der Waals surface area contributed by atoms with Crippen molar-refractivity contribution in [1.82, 2.24) is 0 Å². The van der Waals surface area contributed by atoms with Gasteiger partial charge in [0.1, 0.15) is 5.75 Å². The van der Waals surface area contributed by atoms with Crippen molar-refractivity contribution in [3.8, 4) is 17.2 Å². The second-order valence-corrected chi connectivity index (χ2v) is 6.40. The van der Waals surface area contributed by atoms with Crippen molar-refractivity contribution < 1.29 is 28.5 Å². The van der Waals surface area contributed by atoms with Gasteiger partial charge in [0.05, 0.1) is 21.3 Å². The van der Waals surface area contributed by atoms with Gasteiger partial charge in [0.15, 0.2) is 18.1 Å². The summed E-state index contributed by atoms with van der Waals surface area (Å²) in [7, 11) is 4.55. The van der Waals surface area contributed by atoms with Crippen molar-refractivity contribution in [2.75, 3.05) is 33.3 Å². The first kappa shape index (κ1) is 22.8. The molecule has 0 heterocycles. The predicted molar refractivity (Wildman–Crippen MR) is 115 cm³/mol. The summed E-state index contributed by atoms with van der Waals surface area (Å²) in [4.78, 5) is 24.3. The summed E-state index contributed by atoms with van der Waals surface area (Å²) in [6.45, 7) is 3.54. The number of carbonyl (C=O) groups is 2. The van der Waals surface area contributed by atoms with Gasteiger partial charge < -0.3 is 24.3 Å². The number of carbonyl (C=O) groups excluding carboxylic acids is 2. The van der Waals surface area contributed by atoms with E-state index in [1.807, 2.05) is 32.0 Å². The van der Waals surface area contributed by atoms with Crippen molar-refractivity contribution in [3.05, 3.63) is 53.1 Å². The third-order valence-electron chi connectivity index (χ3n) is 4.48. The number of methoxy groups -OCH3 is 3. The molecule has 0 atom stereocenters. The zero-order valence-electron chi connectivity index (χ0n) is 17.9. The minimum Gasteiger partial charge on any atom is -0.496 e. The Balaban J connectivity index is 2.01. The first-order chi connectivity index (χ1) is 14.4. The average molecular weight is 413 g/mol. The number of para-hydroxylation sites is 1. The van der Waals surface area contributed by atoms with Crippen LogP contribution < -0.4 is 19.5 Å². The number of anilines is 1. The van der Waals surface area contributed by atoms with Crippen LogP contribution >= 0.6 is 0 Å². The van der Waals surface area contributed by atoms with E-state index in [9.17, 15) is 9.59 Å². The largest absolute Gasteiger partial charge is 0.496 e. The van der Waals surface area contributed by atoms with E-state index in [0.29, 0.717) is 22.8 Å². The maximum Gasteiger partial charge on any atom is 0.331 e. The van der Waals surface area contributed by atoms with Crippen LogP contribution in [0.4, 0.5) is 5.69 Å². The number of hydrogen-bond donors (Lipinski definition) is 1. The molecule has 0 saturated heterocycles. The monoisotopic (exact) mass is 413 g/mol. The summed E-state index contributed by atoms with van der Waals surface area (Å²) < 4.78 is 20.9. The Kier molecular flexibility index (Phi) is 8.29. The Morgan fingerprint density at radius 2 is 1.67 bits per heavy atom. The highest BCUT2D eigenvalue weighted by molar-refractivity contribution is 5.95. The Morgan fingerprint density at radius 1 is 1.00 bits per heavy atom.